The second kappa shape index (κ2) is 13.9. The Labute approximate surface area is 260 Å². The number of hydrogen-bond acceptors (Lipinski definition) is 6. The van der Waals surface area contributed by atoms with Gasteiger partial charge < -0.3 is 18.8 Å². The van der Waals surface area contributed by atoms with Gasteiger partial charge in [0.15, 0.2) is 12.2 Å². The minimum Gasteiger partial charge on any atom is -0.488 e. The lowest BCUT2D eigenvalue weighted by atomic mass is 9.95. The van der Waals surface area contributed by atoms with E-state index in [4.69, 9.17) is 18.9 Å². The lowest BCUT2D eigenvalue weighted by molar-refractivity contribution is 0.148. The fourth-order valence-electron chi connectivity index (χ4n) is 5.65. The molecule has 1 saturated heterocycles. The van der Waals surface area contributed by atoms with Crippen molar-refractivity contribution in [2.75, 3.05) is 33.2 Å². The summed E-state index contributed by atoms with van der Waals surface area (Å²) < 4.78 is 19.1. The molecule has 0 atom stereocenters. The average molecular weight is 588 g/mol. The Morgan fingerprint density at radius 3 is 2.02 bits per heavy atom. The quantitative estimate of drug-likeness (QED) is 0.156. The number of ether oxygens (including phenoxy) is 2. The Bertz CT molecular complexity index is 1640. The number of likely N-dealkylation sites (N-methyl/N-ethyl adjacent to an activating group) is 1. The maximum Gasteiger partial charge on any atom is 0.182 e. The summed E-state index contributed by atoms with van der Waals surface area (Å²) in [6.07, 6.45) is 1.54. The molecule has 1 aliphatic heterocycles. The Morgan fingerprint density at radius 2 is 1.36 bits per heavy atom. The summed E-state index contributed by atoms with van der Waals surface area (Å²) in [5.74, 6) is 2.49. The van der Waals surface area contributed by atoms with Crippen LogP contribution in [0.4, 0.5) is 0 Å². The highest BCUT2D eigenvalue weighted by Crippen LogP contribution is 2.42. The van der Waals surface area contributed by atoms with E-state index in [0.29, 0.717) is 19.0 Å². The van der Waals surface area contributed by atoms with Gasteiger partial charge in [-0.05, 0) is 47.4 Å². The van der Waals surface area contributed by atoms with E-state index in [1.54, 1.807) is 0 Å². The van der Waals surface area contributed by atoms with Crippen molar-refractivity contribution in [1.82, 2.24) is 14.8 Å². The third-order valence-electron chi connectivity index (χ3n) is 8.22. The number of nitrogens with zero attached hydrogens (tertiary/aromatic N) is 3. The molecule has 6 nitrogen and oxygen atoms in total. The standard InChI is InChI=1S/C38H41N3O3/c1-28(2)33-22-34(36(43-26-30-13-8-5-9-14-30)23-35(33)42-25-29-11-6-4-7-12-29)37-38(44-27-39-37)32-16-10-15-31(21-32)24-41-19-17-40(3)18-20-41/h4-16,21-23,27-28H,17-20,24-26H2,1-3H3. The lowest BCUT2D eigenvalue weighted by Crippen LogP contribution is -2.43. The van der Waals surface area contributed by atoms with Gasteiger partial charge in [-0.3, -0.25) is 4.90 Å². The van der Waals surface area contributed by atoms with Gasteiger partial charge in [-0.1, -0.05) is 92.7 Å². The van der Waals surface area contributed by atoms with Crippen molar-refractivity contribution in [1.29, 1.82) is 0 Å². The number of piperazine rings is 1. The average Bonchev–Trinajstić information content (AvgIpc) is 3.55. The fourth-order valence-corrected chi connectivity index (χ4v) is 5.65. The number of hydrogen-bond donors (Lipinski definition) is 0. The van der Waals surface area contributed by atoms with Gasteiger partial charge >= 0.3 is 0 Å². The number of rotatable bonds is 11. The lowest BCUT2D eigenvalue weighted by Gasteiger charge is -2.32. The summed E-state index contributed by atoms with van der Waals surface area (Å²) >= 11 is 0. The third-order valence-corrected chi connectivity index (χ3v) is 8.22. The summed E-state index contributed by atoms with van der Waals surface area (Å²) in [5.41, 5.74) is 7.24. The molecule has 6 rings (SSSR count). The van der Waals surface area contributed by atoms with Gasteiger partial charge in [-0.15, -0.1) is 0 Å². The molecule has 0 saturated carbocycles. The van der Waals surface area contributed by atoms with E-state index < -0.39 is 0 Å². The summed E-state index contributed by atoms with van der Waals surface area (Å²) in [4.78, 5) is 9.65. The van der Waals surface area contributed by atoms with Crippen molar-refractivity contribution < 1.29 is 13.9 Å². The normalized spacial score (nSPS) is 14.2. The van der Waals surface area contributed by atoms with Crippen LogP contribution in [0, 0.1) is 0 Å². The van der Waals surface area contributed by atoms with Crippen LogP contribution in [0.5, 0.6) is 11.5 Å². The van der Waals surface area contributed by atoms with Crippen LogP contribution in [0.3, 0.4) is 0 Å². The number of aromatic nitrogens is 1. The molecule has 0 aliphatic carbocycles. The monoisotopic (exact) mass is 587 g/mol. The van der Waals surface area contributed by atoms with Gasteiger partial charge in [-0.2, -0.15) is 0 Å². The molecule has 5 aromatic rings. The first-order valence-electron chi connectivity index (χ1n) is 15.5. The van der Waals surface area contributed by atoms with Crippen LogP contribution in [0.15, 0.2) is 108 Å². The predicted molar refractivity (Wildman–Crippen MR) is 176 cm³/mol. The highest BCUT2D eigenvalue weighted by molar-refractivity contribution is 5.81. The van der Waals surface area contributed by atoms with Crippen LogP contribution >= 0.6 is 0 Å². The zero-order valence-electron chi connectivity index (χ0n) is 25.9. The molecule has 6 heteroatoms. The zero-order valence-corrected chi connectivity index (χ0v) is 25.9. The van der Waals surface area contributed by atoms with Crippen LogP contribution < -0.4 is 9.47 Å². The van der Waals surface area contributed by atoms with E-state index in [2.05, 4.69) is 85.3 Å². The summed E-state index contributed by atoms with van der Waals surface area (Å²) in [6.45, 7) is 10.5. The van der Waals surface area contributed by atoms with Gasteiger partial charge in [0, 0.05) is 49.9 Å². The van der Waals surface area contributed by atoms with Crippen molar-refractivity contribution in [3.8, 4) is 34.1 Å². The molecular formula is C38H41N3O3. The van der Waals surface area contributed by atoms with Crippen molar-refractivity contribution in [2.45, 2.75) is 39.5 Å². The van der Waals surface area contributed by atoms with Crippen LogP contribution in [-0.2, 0) is 19.8 Å². The molecule has 0 amide bonds. The molecule has 1 fully saturated rings. The summed E-state index contributed by atoms with van der Waals surface area (Å²) in [6, 6.07) is 33.3. The molecule has 226 valence electrons. The topological polar surface area (TPSA) is 51.0 Å². The van der Waals surface area contributed by atoms with E-state index in [1.807, 2.05) is 42.5 Å². The van der Waals surface area contributed by atoms with E-state index in [-0.39, 0.29) is 5.92 Å². The molecule has 1 aromatic heterocycles. The molecule has 0 unspecified atom stereocenters. The SMILES string of the molecule is CC(C)c1cc(-c2ncoc2-c2cccc(CN3CCN(C)CC3)c2)c(OCc2ccccc2)cc1OCc1ccccc1. The maximum absolute atomic E-state index is 6.53. The summed E-state index contributed by atoms with van der Waals surface area (Å²) in [5, 5.41) is 0. The Hall–Kier alpha value is -4.39. The van der Waals surface area contributed by atoms with Crippen molar-refractivity contribution in [3.05, 3.63) is 126 Å². The van der Waals surface area contributed by atoms with Crippen LogP contribution in [0.2, 0.25) is 0 Å². The Balaban J connectivity index is 1.35. The van der Waals surface area contributed by atoms with E-state index in [9.17, 15) is 0 Å². The van der Waals surface area contributed by atoms with Crippen molar-refractivity contribution in [2.24, 2.45) is 0 Å². The molecule has 4 aromatic carbocycles. The van der Waals surface area contributed by atoms with E-state index >= 15 is 0 Å². The van der Waals surface area contributed by atoms with Crippen LogP contribution in [0.25, 0.3) is 22.6 Å². The molecule has 0 bridgehead atoms. The molecule has 1 aliphatic rings. The second-order valence-electron chi connectivity index (χ2n) is 11.9. The molecule has 0 radical (unpaired) electrons. The fraction of sp³-hybridized carbons (Fsp3) is 0.289. The Morgan fingerprint density at radius 1 is 0.727 bits per heavy atom. The number of benzene rings is 4. The van der Waals surface area contributed by atoms with Gasteiger partial charge in [0.2, 0.25) is 0 Å². The molecule has 44 heavy (non-hydrogen) atoms. The smallest absolute Gasteiger partial charge is 0.182 e. The molecule has 0 spiro atoms. The molecule has 0 N–H and O–H groups in total. The van der Waals surface area contributed by atoms with Crippen LogP contribution in [-0.4, -0.2) is 48.0 Å². The largest absolute Gasteiger partial charge is 0.488 e. The first kappa shape index (κ1) is 29.7. The highest BCUT2D eigenvalue weighted by Gasteiger charge is 2.22. The minimum absolute atomic E-state index is 0.227. The zero-order chi connectivity index (χ0) is 30.3. The third kappa shape index (κ3) is 7.21. The van der Waals surface area contributed by atoms with E-state index in [0.717, 1.165) is 77.7 Å². The molecule has 2 heterocycles. The second-order valence-corrected chi connectivity index (χ2v) is 11.9. The molecular weight excluding hydrogens is 546 g/mol. The first-order valence-corrected chi connectivity index (χ1v) is 15.5. The first-order chi connectivity index (χ1) is 21.5. The van der Waals surface area contributed by atoms with Crippen molar-refractivity contribution >= 4 is 0 Å². The Kier molecular flexibility index (Phi) is 9.40. The van der Waals surface area contributed by atoms with Gasteiger partial charge in [0.25, 0.3) is 0 Å². The number of oxazole rings is 1. The maximum atomic E-state index is 6.53. The van der Waals surface area contributed by atoms with Crippen LogP contribution in [0.1, 0.15) is 42.0 Å². The summed E-state index contributed by atoms with van der Waals surface area (Å²) in [7, 11) is 2.19. The van der Waals surface area contributed by atoms with Gasteiger partial charge in [0.05, 0.1) is 0 Å². The predicted octanol–water partition coefficient (Wildman–Crippen LogP) is 8.04. The van der Waals surface area contributed by atoms with E-state index in [1.165, 1.54) is 12.0 Å². The van der Waals surface area contributed by atoms with Crippen molar-refractivity contribution in [3.63, 3.8) is 0 Å². The van der Waals surface area contributed by atoms with Gasteiger partial charge in [-0.25, -0.2) is 4.98 Å². The minimum atomic E-state index is 0.227. The highest BCUT2D eigenvalue weighted by atomic mass is 16.5. The van der Waals surface area contributed by atoms with Gasteiger partial charge in [0.1, 0.15) is 30.4 Å².